The van der Waals surface area contributed by atoms with Crippen molar-refractivity contribution in [2.75, 3.05) is 20.3 Å². The summed E-state index contributed by atoms with van der Waals surface area (Å²) in [7, 11) is 1.56. The molecule has 3 heterocycles. The van der Waals surface area contributed by atoms with Crippen LogP contribution in [0.5, 0.6) is 0 Å². The number of benzene rings is 1. The van der Waals surface area contributed by atoms with E-state index >= 15 is 0 Å². The number of hydrogen-bond donors (Lipinski definition) is 1. The van der Waals surface area contributed by atoms with Crippen LogP contribution >= 0.6 is 0 Å². The van der Waals surface area contributed by atoms with Crippen molar-refractivity contribution in [3.63, 3.8) is 0 Å². The molecule has 1 aromatic rings. The molecule has 10 heteroatoms. The fraction of sp³-hybridized carbons (Fsp3) is 0.714. The van der Waals surface area contributed by atoms with Crippen LogP contribution in [-0.4, -0.2) is 85.9 Å². The number of rotatable bonds is 11. The van der Waals surface area contributed by atoms with Crippen molar-refractivity contribution in [2.45, 2.75) is 102 Å². The van der Waals surface area contributed by atoms with Crippen LogP contribution in [0.4, 0.5) is 0 Å². The molecule has 0 amide bonds. The molecule has 0 bridgehead atoms. The maximum Gasteiger partial charge on any atom is 0.303 e. The van der Waals surface area contributed by atoms with E-state index in [1.807, 2.05) is 37.3 Å². The molecular formula is C28H40O10. The minimum atomic E-state index is -1.16. The first-order valence-electron chi connectivity index (χ1n) is 13.4. The van der Waals surface area contributed by atoms with Gasteiger partial charge in [0.25, 0.3) is 0 Å². The number of methoxy groups -OCH3 is 1. The van der Waals surface area contributed by atoms with Gasteiger partial charge in [-0.15, -0.1) is 0 Å². The van der Waals surface area contributed by atoms with E-state index in [2.05, 4.69) is 0 Å². The lowest BCUT2D eigenvalue weighted by Gasteiger charge is -2.53. The van der Waals surface area contributed by atoms with Gasteiger partial charge in [-0.05, 0) is 30.7 Å². The Balaban J connectivity index is 1.62. The third kappa shape index (κ3) is 6.55. The third-order valence-electron chi connectivity index (χ3n) is 7.48. The summed E-state index contributed by atoms with van der Waals surface area (Å²) in [4.78, 5) is 23.6. The summed E-state index contributed by atoms with van der Waals surface area (Å²) in [6.45, 7) is 5.28. The van der Waals surface area contributed by atoms with Gasteiger partial charge in [-0.2, -0.15) is 0 Å². The number of aliphatic hydroxyl groups is 1. The monoisotopic (exact) mass is 536 g/mol. The van der Waals surface area contributed by atoms with Gasteiger partial charge in [0.2, 0.25) is 0 Å². The minimum absolute atomic E-state index is 0.0112. The van der Waals surface area contributed by atoms with Gasteiger partial charge in [-0.3, -0.25) is 9.59 Å². The molecule has 3 fully saturated rings. The zero-order valence-corrected chi connectivity index (χ0v) is 22.6. The van der Waals surface area contributed by atoms with Gasteiger partial charge >= 0.3 is 11.9 Å². The van der Waals surface area contributed by atoms with Crippen LogP contribution in [0.15, 0.2) is 30.3 Å². The Labute approximate surface area is 223 Å². The van der Waals surface area contributed by atoms with Crippen molar-refractivity contribution in [2.24, 2.45) is 5.92 Å². The molecule has 9 atom stereocenters. The van der Waals surface area contributed by atoms with Crippen molar-refractivity contribution in [1.29, 1.82) is 0 Å². The topological polar surface area (TPSA) is 119 Å². The molecule has 1 aromatic carbocycles. The number of aliphatic hydroxyl groups excluding tert-OH is 1. The highest BCUT2D eigenvalue weighted by Crippen LogP contribution is 2.48. The number of ether oxygens (including phenoxy) is 7. The lowest BCUT2D eigenvalue weighted by atomic mass is 9.84. The zero-order chi connectivity index (χ0) is 27.3. The van der Waals surface area contributed by atoms with E-state index in [1.165, 1.54) is 13.8 Å². The Morgan fingerprint density at radius 3 is 2.53 bits per heavy atom. The number of carbonyl (C=O) groups excluding carboxylic acids is 2. The molecule has 4 rings (SSSR count). The molecule has 0 spiro atoms. The quantitative estimate of drug-likeness (QED) is 0.423. The molecule has 0 aliphatic carbocycles. The number of hydrogen-bond acceptors (Lipinski definition) is 10. The van der Waals surface area contributed by atoms with Crippen LogP contribution in [0.3, 0.4) is 0 Å². The van der Waals surface area contributed by atoms with E-state index in [0.29, 0.717) is 32.3 Å². The normalized spacial score (nSPS) is 35.1. The molecule has 0 radical (unpaired) electrons. The lowest BCUT2D eigenvalue weighted by molar-refractivity contribution is -0.383. The highest BCUT2D eigenvalue weighted by atomic mass is 16.8. The maximum atomic E-state index is 12.2. The summed E-state index contributed by atoms with van der Waals surface area (Å²) in [6, 6.07) is 9.81. The van der Waals surface area contributed by atoms with E-state index in [1.54, 1.807) is 7.11 Å². The molecule has 212 valence electrons. The predicted molar refractivity (Wildman–Crippen MR) is 134 cm³/mol. The number of fused-ring (bicyclic) bond motifs is 2. The van der Waals surface area contributed by atoms with Crippen LogP contribution in [-0.2, 0) is 49.4 Å². The molecule has 3 aliphatic rings. The van der Waals surface area contributed by atoms with Crippen LogP contribution in [0, 0.1) is 5.92 Å². The fourth-order valence-corrected chi connectivity index (χ4v) is 5.72. The van der Waals surface area contributed by atoms with E-state index in [0.717, 1.165) is 5.56 Å². The average molecular weight is 537 g/mol. The minimum Gasteiger partial charge on any atom is -0.466 e. The zero-order valence-electron chi connectivity index (χ0n) is 22.6. The Morgan fingerprint density at radius 1 is 1.11 bits per heavy atom. The molecular weight excluding hydrogens is 496 g/mol. The van der Waals surface area contributed by atoms with Gasteiger partial charge in [0.15, 0.2) is 18.0 Å². The fourth-order valence-electron chi connectivity index (χ4n) is 5.72. The Kier molecular flexibility index (Phi) is 9.78. The van der Waals surface area contributed by atoms with Crippen molar-refractivity contribution in [3.05, 3.63) is 35.9 Å². The highest BCUT2D eigenvalue weighted by molar-refractivity contribution is 5.66. The molecule has 3 saturated heterocycles. The van der Waals surface area contributed by atoms with Crippen LogP contribution in [0.1, 0.15) is 52.0 Å². The Bertz CT molecular complexity index is 925. The molecule has 10 nitrogen and oxygen atoms in total. The maximum absolute atomic E-state index is 12.2. The first kappa shape index (κ1) is 28.9. The van der Waals surface area contributed by atoms with E-state index in [9.17, 15) is 14.7 Å². The first-order valence-corrected chi connectivity index (χ1v) is 13.4. The molecule has 0 aromatic heterocycles. The van der Waals surface area contributed by atoms with Gasteiger partial charge in [0.05, 0.1) is 25.4 Å². The van der Waals surface area contributed by atoms with Crippen LogP contribution < -0.4 is 0 Å². The summed E-state index contributed by atoms with van der Waals surface area (Å²) in [5, 5.41) is 9.48. The summed E-state index contributed by atoms with van der Waals surface area (Å²) < 4.78 is 43.0. The molecule has 0 saturated carbocycles. The van der Waals surface area contributed by atoms with Crippen molar-refractivity contribution in [3.8, 4) is 0 Å². The number of carbonyl (C=O) groups is 2. The van der Waals surface area contributed by atoms with Crippen LogP contribution in [0.25, 0.3) is 0 Å². The van der Waals surface area contributed by atoms with Crippen molar-refractivity contribution >= 4 is 11.9 Å². The number of esters is 2. The largest absolute Gasteiger partial charge is 0.466 e. The molecule has 2 unspecified atom stereocenters. The Morgan fingerprint density at radius 2 is 1.87 bits per heavy atom. The standard InChI is InChI=1S/C28H40O10/c1-17(15-33-18(2)30)14-22-23(34-16-20-8-6-5-7-9-20)25-24(37-22)26(35-19(3)31)27-28(32-4,38-25)12-10-21(36-27)11-13-29/h5-9,17,21-27,29H,10-16H2,1-4H3/t17?,21-,22-,23+,24-,25+,26+,27-,28?/m1/s1. The lowest BCUT2D eigenvalue weighted by Crippen LogP contribution is -2.69. The third-order valence-corrected chi connectivity index (χ3v) is 7.48. The SMILES string of the molecule is COC12CC[C@H](CCO)O[C@@H]1[C@@H](OC(C)=O)[C@@H]1O[C@H](CC(C)COC(C)=O)[C@H](OCc3ccccc3)[C@@H]1O2. The van der Waals surface area contributed by atoms with E-state index < -0.39 is 48.4 Å². The van der Waals surface area contributed by atoms with Gasteiger partial charge < -0.3 is 38.3 Å². The van der Waals surface area contributed by atoms with Gasteiger partial charge in [-0.25, -0.2) is 0 Å². The average Bonchev–Trinajstić information content (AvgIpc) is 3.23. The highest BCUT2D eigenvalue weighted by Gasteiger charge is 2.65. The second-order valence-corrected chi connectivity index (χ2v) is 10.4. The summed E-state index contributed by atoms with van der Waals surface area (Å²) >= 11 is 0. The van der Waals surface area contributed by atoms with Crippen molar-refractivity contribution in [1.82, 2.24) is 0 Å². The van der Waals surface area contributed by atoms with Gasteiger partial charge in [0, 0.05) is 34.0 Å². The van der Waals surface area contributed by atoms with Gasteiger partial charge in [-0.1, -0.05) is 37.3 Å². The van der Waals surface area contributed by atoms with E-state index in [-0.39, 0.29) is 31.2 Å². The second kappa shape index (κ2) is 12.8. The van der Waals surface area contributed by atoms with Gasteiger partial charge in [0.1, 0.15) is 18.3 Å². The Hall–Kier alpha value is -2.08. The molecule has 3 aliphatic heterocycles. The first-order chi connectivity index (χ1) is 18.3. The predicted octanol–water partition coefficient (Wildman–Crippen LogP) is 2.53. The molecule has 1 N–H and O–H groups in total. The summed E-state index contributed by atoms with van der Waals surface area (Å²) in [5.41, 5.74) is 1.00. The smallest absolute Gasteiger partial charge is 0.303 e. The summed E-state index contributed by atoms with van der Waals surface area (Å²) in [5.74, 6) is -1.98. The second-order valence-electron chi connectivity index (χ2n) is 10.4. The van der Waals surface area contributed by atoms with Crippen molar-refractivity contribution < 1.29 is 47.9 Å². The summed E-state index contributed by atoms with van der Waals surface area (Å²) in [6.07, 6.45) is -1.83. The molecule has 38 heavy (non-hydrogen) atoms. The van der Waals surface area contributed by atoms with E-state index in [4.69, 9.17) is 33.2 Å². The van der Waals surface area contributed by atoms with Crippen LogP contribution in [0.2, 0.25) is 0 Å².